The molecule has 4 nitrogen and oxygen atoms in total. The van der Waals surface area contributed by atoms with E-state index in [9.17, 15) is 0 Å². The quantitative estimate of drug-likeness (QED) is 0.559. The van der Waals surface area contributed by atoms with Gasteiger partial charge in [-0.25, -0.2) is 0 Å². The van der Waals surface area contributed by atoms with Gasteiger partial charge >= 0.3 is 0 Å². The van der Waals surface area contributed by atoms with Gasteiger partial charge in [0.1, 0.15) is 0 Å². The second-order valence-electron chi connectivity index (χ2n) is 3.59. The molecule has 84 valence electrons. The summed E-state index contributed by atoms with van der Waals surface area (Å²) in [7, 11) is 0. The third kappa shape index (κ3) is 6.17. The van der Waals surface area contributed by atoms with Crippen LogP contribution in [0.15, 0.2) is 24.5 Å². The van der Waals surface area contributed by atoms with E-state index < -0.39 is 0 Å². The average Bonchev–Trinajstić information content (AvgIpc) is 2.24. The maximum atomic E-state index is 9.00. The molecule has 1 unspecified atom stereocenters. The zero-order valence-electron chi connectivity index (χ0n) is 9.11. The van der Waals surface area contributed by atoms with Crippen LogP contribution in [0.4, 0.5) is 0 Å². The van der Waals surface area contributed by atoms with Crippen molar-refractivity contribution >= 4 is 0 Å². The second-order valence-corrected chi connectivity index (χ2v) is 3.59. The van der Waals surface area contributed by atoms with Gasteiger partial charge in [0, 0.05) is 38.6 Å². The molecule has 1 rings (SSSR count). The van der Waals surface area contributed by atoms with Crippen LogP contribution in [-0.2, 0) is 6.54 Å². The Labute approximate surface area is 90.7 Å². The van der Waals surface area contributed by atoms with E-state index in [1.807, 2.05) is 18.3 Å². The van der Waals surface area contributed by atoms with Gasteiger partial charge in [-0.05, 0) is 18.6 Å². The molecule has 0 aliphatic heterocycles. The molecular formula is C11H19N3O. The summed E-state index contributed by atoms with van der Waals surface area (Å²) in [6.07, 6.45) is 3.35. The van der Waals surface area contributed by atoms with Crippen molar-refractivity contribution in [2.45, 2.75) is 19.6 Å². The fraction of sp³-hybridized carbons (Fsp3) is 0.545. The molecule has 1 atom stereocenters. The summed E-state index contributed by atoms with van der Waals surface area (Å²) in [6.45, 7) is 5.02. The van der Waals surface area contributed by atoms with Crippen LogP contribution in [-0.4, -0.2) is 35.8 Å². The minimum atomic E-state index is -0.275. The number of aliphatic hydroxyl groups is 1. The summed E-state index contributed by atoms with van der Waals surface area (Å²) in [5.74, 6) is 0. The Bertz CT molecular complexity index is 251. The molecule has 0 aromatic carbocycles. The molecule has 1 aromatic heterocycles. The number of hydrogen-bond acceptors (Lipinski definition) is 4. The van der Waals surface area contributed by atoms with Crippen LogP contribution >= 0.6 is 0 Å². The van der Waals surface area contributed by atoms with E-state index in [0.717, 1.165) is 19.6 Å². The van der Waals surface area contributed by atoms with E-state index in [-0.39, 0.29) is 6.10 Å². The molecule has 3 N–H and O–H groups in total. The van der Waals surface area contributed by atoms with Crippen LogP contribution < -0.4 is 10.6 Å². The van der Waals surface area contributed by atoms with Crippen molar-refractivity contribution in [3.63, 3.8) is 0 Å². The van der Waals surface area contributed by atoms with Gasteiger partial charge in [0.2, 0.25) is 0 Å². The van der Waals surface area contributed by atoms with Crippen molar-refractivity contribution in [2.75, 3.05) is 19.6 Å². The lowest BCUT2D eigenvalue weighted by molar-refractivity contribution is 0.191. The molecule has 0 spiro atoms. The van der Waals surface area contributed by atoms with E-state index in [2.05, 4.69) is 15.6 Å². The first-order chi connectivity index (χ1) is 7.29. The average molecular weight is 209 g/mol. The minimum absolute atomic E-state index is 0.275. The lowest BCUT2D eigenvalue weighted by Crippen LogP contribution is -2.31. The monoisotopic (exact) mass is 209 g/mol. The van der Waals surface area contributed by atoms with Gasteiger partial charge in [0.25, 0.3) is 0 Å². The summed E-state index contributed by atoms with van der Waals surface area (Å²) in [5.41, 5.74) is 1.19. The Morgan fingerprint density at radius 2 is 2.20 bits per heavy atom. The highest BCUT2D eigenvalue weighted by Gasteiger charge is 1.94. The number of rotatable bonds is 7. The zero-order chi connectivity index (χ0) is 10.9. The summed E-state index contributed by atoms with van der Waals surface area (Å²) in [5, 5.41) is 15.4. The largest absolute Gasteiger partial charge is 0.392 e. The summed E-state index contributed by atoms with van der Waals surface area (Å²) in [6, 6.07) is 3.98. The van der Waals surface area contributed by atoms with E-state index in [4.69, 9.17) is 5.11 Å². The maximum Gasteiger partial charge on any atom is 0.0636 e. The van der Waals surface area contributed by atoms with E-state index in [1.165, 1.54) is 5.56 Å². The van der Waals surface area contributed by atoms with Gasteiger partial charge in [0.05, 0.1) is 6.10 Å². The predicted molar refractivity (Wildman–Crippen MR) is 60.5 cm³/mol. The summed E-state index contributed by atoms with van der Waals surface area (Å²) < 4.78 is 0. The number of nitrogens with zero attached hydrogens (tertiary/aromatic N) is 1. The molecule has 1 aromatic rings. The van der Waals surface area contributed by atoms with Crippen LogP contribution in [0.5, 0.6) is 0 Å². The topological polar surface area (TPSA) is 57.2 Å². The molecule has 0 saturated carbocycles. The third-order valence-corrected chi connectivity index (χ3v) is 1.97. The van der Waals surface area contributed by atoms with E-state index in [1.54, 1.807) is 13.1 Å². The molecule has 0 radical (unpaired) electrons. The molecular weight excluding hydrogens is 190 g/mol. The summed E-state index contributed by atoms with van der Waals surface area (Å²) >= 11 is 0. The van der Waals surface area contributed by atoms with Gasteiger partial charge in [-0.2, -0.15) is 0 Å². The normalized spacial score (nSPS) is 12.7. The highest BCUT2D eigenvalue weighted by Crippen LogP contribution is 1.93. The molecule has 0 saturated heterocycles. The molecule has 1 heterocycles. The third-order valence-electron chi connectivity index (χ3n) is 1.97. The number of aromatic nitrogens is 1. The Morgan fingerprint density at radius 3 is 2.87 bits per heavy atom. The van der Waals surface area contributed by atoms with Crippen LogP contribution in [0.25, 0.3) is 0 Å². The van der Waals surface area contributed by atoms with Crippen molar-refractivity contribution in [3.05, 3.63) is 30.1 Å². The SMILES string of the molecule is CC(O)CNCCNCc1cccnc1. The second kappa shape index (κ2) is 7.34. The van der Waals surface area contributed by atoms with Gasteiger partial charge in [-0.15, -0.1) is 0 Å². The molecule has 15 heavy (non-hydrogen) atoms. The van der Waals surface area contributed by atoms with Crippen LogP contribution in [0, 0.1) is 0 Å². The maximum absolute atomic E-state index is 9.00. The van der Waals surface area contributed by atoms with Crippen molar-refractivity contribution < 1.29 is 5.11 Å². The number of pyridine rings is 1. The van der Waals surface area contributed by atoms with Crippen LogP contribution in [0.3, 0.4) is 0 Å². The number of hydrogen-bond donors (Lipinski definition) is 3. The Balaban J connectivity index is 1.98. The lowest BCUT2D eigenvalue weighted by Gasteiger charge is -2.07. The Kier molecular flexibility index (Phi) is 5.92. The molecule has 0 bridgehead atoms. The first-order valence-electron chi connectivity index (χ1n) is 5.27. The van der Waals surface area contributed by atoms with E-state index >= 15 is 0 Å². The lowest BCUT2D eigenvalue weighted by atomic mass is 10.3. The first kappa shape index (κ1) is 12.1. The van der Waals surface area contributed by atoms with Crippen molar-refractivity contribution in [1.82, 2.24) is 15.6 Å². The van der Waals surface area contributed by atoms with Gasteiger partial charge < -0.3 is 15.7 Å². The van der Waals surface area contributed by atoms with Gasteiger partial charge in [-0.3, -0.25) is 4.98 Å². The fourth-order valence-corrected chi connectivity index (χ4v) is 1.22. The van der Waals surface area contributed by atoms with Crippen molar-refractivity contribution in [3.8, 4) is 0 Å². The van der Waals surface area contributed by atoms with Crippen molar-refractivity contribution in [2.24, 2.45) is 0 Å². The standard InChI is InChI=1S/C11H19N3O/c1-10(15)7-13-5-6-14-9-11-3-2-4-12-8-11/h2-4,8,10,13-15H,5-7,9H2,1H3. The number of aliphatic hydroxyl groups excluding tert-OH is 1. The van der Waals surface area contributed by atoms with Crippen LogP contribution in [0.2, 0.25) is 0 Å². The molecule has 0 aliphatic carbocycles. The Morgan fingerprint density at radius 1 is 1.40 bits per heavy atom. The fourth-order valence-electron chi connectivity index (χ4n) is 1.22. The summed E-state index contributed by atoms with van der Waals surface area (Å²) in [4.78, 5) is 4.03. The van der Waals surface area contributed by atoms with Crippen LogP contribution in [0.1, 0.15) is 12.5 Å². The Hall–Kier alpha value is -0.970. The molecule has 4 heteroatoms. The van der Waals surface area contributed by atoms with Gasteiger partial charge in [-0.1, -0.05) is 6.07 Å². The predicted octanol–water partition coefficient (Wildman–Crippen LogP) is 0.142. The highest BCUT2D eigenvalue weighted by molar-refractivity contribution is 5.07. The zero-order valence-corrected chi connectivity index (χ0v) is 9.11. The van der Waals surface area contributed by atoms with E-state index in [0.29, 0.717) is 6.54 Å². The van der Waals surface area contributed by atoms with Gasteiger partial charge in [0.15, 0.2) is 0 Å². The first-order valence-corrected chi connectivity index (χ1v) is 5.27. The number of nitrogens with one attached hydrogen (secondary N) is 2. The molecule has 0 amide bonds. The molecule has 0 fully saturated rings. The van der Waals surface area contributed by atoms with Crippen molar-refractivity contribution in [1.29, 1.82) is 0 Å². The highest BCUT2D eigenvalue weighted by atomic mass is 16.3. The molecule has 0 aliphatic rings. The minimum Gasteiger partial charge on any atom is -0.392 e. The smallest absolute Gasteiger partial charge is 0.0636 e.